The largest absolute Gasteiger partial charge is 0.493 e. The van der Waals surface area contributed by atoms with Crippen LogP contribution in [0.25, 0.3) is 0 Å². The second-order valence-electron chi connectivity index (χ2n) is 3.77. The van der Waals surface area contributed by atoms with E-state index in [0.29, 0.717) is 0 Å². The molecule has 0 unspecified atom stereocenters. The summed E-state index contributed by atoms with van der Waals surface area (Å²) in [6, 6.07) is 2.11. The molecule has 0 bridgehead atoms. The number of nitro benzene ring substituents is 1. The van der Waals surface area contributed by atoms with E-state index in [4.69, 9.17) is 14.6 Å². The number of methoxy groups -OCH3 is 1. The van der Waals surface area contributed by atoms with E-state index in [1.165, 1.54) is 7.11 Å². The highest BCUT2D eigenvalue weighted by Crippen LogP contribution is 2.34. The summed E-state index contributed by atoms with van der Waals surface area (Å²) in [7, 11) is 1.24. The predicted molar refractivity (Wildman–Crippen MR) is 63.1 cm³/mol. The second kappa shape index (κ2) is 7.09. The van der Waals surface area contributed by atoms with Crippen molar-refractivity contribution in [3.63, 3.8) is 0 Å². The third-order valence-electron chi connectivity index (χ3n) is 2.30. The van der Waals surface area contributed by atoms with Crippen LogP contribution in [0.2, 0.25) is 0 Å². The Morgan fingerprint density at radius 1 is 1.33 bits per heavy atom. The summed E-state index contributed by atoms with van der Waals surface area (Å²) in [6.07, 6.45) is -4.50. The minimum absolute atomic E-state index is 0.0135. The highest BCUT2D eigenvalue weighted by molar-refractivity contribution is 5.54. The monoisotopic (exact) mass is 311 g/mol. The topological polar surface area (TPSA) is 91.1 Å². The lowest BCUT2D eigenvalue weighted by Crippen LogP contribution is -2.19. The zero-order valence-corrected chi connectivity index (χ0v) is 10.8. The second-order valence-corrected chi connectivity index (χ2v) is 3.77. The molecule has 1 rings (SSSR count). The molecule has 21 heavy (non-hydrogen) atoms. The van der Waals surface area contributed by atoms with E-state index in [-0.39, 0.29) is 17.1 Å². The van der Waals surface area contributed by atoms with E-state index in [1.807, 2.05) is 0 Å². The Bertz CT molecular complexity index is 505. The molecule has 10 heteroatoms. The van der Waals surface area contributed by atoms with Gasteiger partial charge in [-0.2, -0.15) is 13.2 Å². The van der Waals surface area contributed by atoms with Gasteiger partial charge in [0.2, 0.25) is 0 Å². The van der Waals surface area contributed by atoms with Crippen LogP contribution in [0.5, 0.6) is 11.5 Å². The summed E-state index contributed by atoms with van der Waals surface area (Å²) in [5.41, 5.74) is -0.454. The number of halogens is 3. The molecule has 0 aliphatic carbocycles. The van der Waals surface area contributed by atoms with Crippen LogP contribution in [0.15, 0.2) is 12.1 Å². The Morgan fingerprint density at radius 3 is 2.48 bits per heavy atom. The number of hydrogen-bond donors (Lipinski definition) is 1. The minimum atomic E-state index is -4.50. The molecule has 0 amide bonds. The van der Waals surface area contributed by atoms with Gasteiger partial charge in [0.1, 0.15) is 6.61 Å². The molecule has 0 heterocycles. The smallest absolute Gasteiger partial charge is 0.411 e. The SMILES string of the molecule is COc1cc(CO)c([N+](=O)[O-])cc1OCOCC(F)(F)F. The van der Waals surface area contributed by atoms with Gasteiger partial charge in [0, 0.05) is 0 Å². The van der Waals surface area contributed by atoms with Crippen molar-refractivity contribution in [1.82, 2.24) is 0 Å². The fourth-order valence-corrected chi connectivity index (χ4v) is 1.42. The van der Waals surface area contributed by atoms with Crippen LogP contribution in [0.4, 0.5) is 18.9 Å². The first-order chi connectivity index (χ1) is 9.78. The highest BCUT2D eigenvalue weighted by atomic mass is 19.4. The zero-order chi connectivity index (χ0) is 16.0. The van der Waals surface area contributed by atoms with Gasteiger partial charge >= 0.3 is 6.18 Å². The van der Waals surface area contributed by atoms with Crippen molar-refractivity contribution >= 4 is 5.69 Å². The number of alkyl halides is 3. The van der Waals surface area contributed by atoms with Gasteiger partial charge < -0.3 is 19.3 Å². The fraction of sp³-hybridized carbons (Fsp3) is 0.455. The standard InChI is InChI=1S/C11H12F3NO6/c1-19-9-2-7(4-16)8(15(17)18)3-10(9)21-6-20-5-11(12,13)14/h2-3,16H,4-6H2,1H3. The van der Waals surface area contributed by atoms with Crippen LogP contribution in [0.1, 0.15) is 5.56 Å². The molecule has 118 valence electrons. The molecular formula is C11H12F3NO6. The van der Waals surface area contributed by atoms with Gasteiger partial charge in [0.05, 0.1) is 30.3 Å². The number of aliphatic hydroxyl groups excluding tert-OH is 1. The van der Waals surface area contributed by atoms with Crippen molar-refractivity contribution < 1.29 is 37.4 Å². The van der Waals surface area contributed by atoms with Crippen molar-refractivity contribution in [2.24, 2.45) is 0 Å². The molecule has 0 saturated carbocycles. The molecule has 1 N–H and O–H groups in total. The number of aliphatic hydroxyl groups is 1. The van der Waals surface area contributed by atoms with Crippen LogP contribution in [0.3, 0.4) is 0 Å². The van der Waals surface area contributed by atoms with E-state index in [9.17, 15) is 23.3 Å². The molecule has 7 nitrogen and oxygen atoms in total. The molecule has 1 aromatic rings. The molecule has 0 aliphatic heterocycles. The molecule has 1 aromatic carbocycles. The maximum atomic E-state index is 11.9. The number of benzene rings is 1. The maximum absolute atomic E-state index is 11.9. The number of nitrogens with zero attached hydrogens (tertiary/aromatic N) is 1. The molecule has 0 aliphatic rings. The fourth-order valence-electron chi connectivity index (χ4n) is 1.42. The van der Waals surface area contributed by atoms with E-state index >= 15 is 0 Å². The van der Waals surface area contributed by atoms with Crippen molar-refractivity contribution in [3.8, 4) is 11.5 Å². The van der Waals surface area contributed by atoms with Crippen LogP contribution in [-0.2, 0) is 11.3 Å². The molecule has 0 radical (unpaired) electrons. The summed E-state index contributed by atoms with van der Waals surface area (Å²) >= 11 is 0. The first-order valence-corrected chi connectivity index (χ1v) is 5.52. The first kappa shape index (κ1) is 17.0. The summed E-state index contributed by atoms with van der Waals surface area (Å²) in [5.74, 6) is -0.135. The molecule has 0 aromatic heterocycles. The predicted octanol–water partition coefficient (Wildman–Crippen LogP) is 2.01. The third kappa shape index (κ3) is 5.08. The lowest BCUT2D eigenvalue weighted by Gasteiger charge is -2.13. The maximum Gasteiger partial charge on any atom is 0.411 e. The van der Waals surface area contributed by atoms with E-state index in [2.05, 4.69) is 4.74 Å². The first-order valence-electron chi connectivity index (χ1n) is 5.52. The highest BCUT2D eigenvalue weighted by Gasteiger charge is 2.27. The number of nitro groups is 1. The average Bonchev–Trinajstić information content (AvgIpc) is 2.41. The summed E-state index contributed by atoms with van der Waals surface area (Å²) in [6.45, 7) is -2.87. The van der Waals surface area contributed by atoms with Gasteiger partial charge in [-0.1, -0.05) is 0 Å². The van der Waals surface area contributed by atoms with Crippen molar-refractivity contribution in [1.29, 1.82) is 0 Å². The Kier molecular flexibility index (Phi) is 5.73. The zero-order valence-electron chi connectivity index (χ0n) is 10.8. The quantitative estimate of drug-likeness (QED) is 0.358. The van der Waals surface area contributed by atoms with Gasteiger partial charge in [0.25, 0.3) is 5.69 Å². The molecule has 0 fully saturated rings. The van der Waals surface area contributed by atoms with Gasteiger partial charge in [-0.25, -0.2) is 0 Å². The van der Waals surface area contributed by atoms with Crippen LogP contribution in [-0.4, -0.2) is 36.7 Å². The summed E-state index contributed by atoms with van der Waals surface area (Å²) in [5, 5.41) is 19.8. The molecule has 0 saturated heterocycles. The van der Waals surface area contributed by atoms with Crippen LogP contribution in [0, 0.1) is 10.1 Å². The molecule has 0 atom stereocenters. The normalized spacial score (nSPS) is 11.3. The Labute approximate surface area is 117 Å². The van der Waals surface area contributed by atoms with E-state index in [1.54, 1.807) is 0 Å². The molecule has 0 spiro atoms. The van der Waals surface area contributed by atoms with Crippen LogP contribution >= 0.6 is 0 Å². The number of ether oxygens (including phenoxy) is 3. The Morgan fingerprint density at radius 2 is 2.00 bits per heavy atom. The number of hydrogen-bond acceptors (Lipinski definition) is 6. The van der Waals surface area contributed by atoms with Crippen molar-refractivity contribution in [2.45, 2.75) is 12.8 Å². The minimum Gasteiger partial charge on any atom is -0.493 e. The van der Waals surface area contributed by atoms with Gasteiger partial charge in [0.15, 0.2) is 18.3 Å². The van der Waals surface area contributed by atoms with E-state index < -0.39 is 36.8 Å². The van der Waals surface area contributed by atoms with E-state index in [0.717, 1.165) is 12.1 Å². The average molecular weight is 311 g/mol. The lowest BCUT2D eigenvalue weighted by atomic mass is 10.1. The van der Waals surface area contributed by atoms with Gasteiger partial charge in [-0.15, -0.1) is 0 Å². The molecular weight excluding hydrogens is 299 g/mol. The lowest BCUT2D eigenvalue weighted by molar-refractivity contribution is -0.386. The van der Waals surface area contributed by atoms with Gasteiger partial charge in [-0.3, -0.25) is 10.1 Å². The van der Waals surface area contributed by atoms with Crippen LogP contribution < -0.4 is 9.47 Å². The van der Waals surface area contributed by atoms with Gasteiger partial charge in [-0.05, 0) is 6.07 Å². The summed E-state index contributed by atoms with van der Waals surface area (Å²) < 4.78 is 49.6. The van der Waals surface area contributed by atoms with Crippen molar-refractivity contribution in [3.05, 3.63) is 27.8 Å². The van der Waals surface area contributed by atoms with Crippen molar-refractivity contribution in [2.75, 3.05) is 20.5 Å². The third-order valence-corrected chi connectivity index (χ3v) is 2.30. The summed E-state index contributed by atoms with van der Waals surface area (Å²) in [4.78, 5) is 10.1. The number of rotatable bonds is 7. The Hall–Kier alpha value is -2.07. The Balaban J connectivity index is 2.85.